The number of esters is 1. The van der Waals surface area contributed by atoms with Crippen molar-refractivity contribution in [2.75, 3.05) is 5.32 Å². The molecule has 3 aromatic carbocycles. The lowest BCUT2D eigenvalue weighted by molar-refractivity contribution is -0.157. The van der Waals surface area contributed by atoms with Gasteiger partial charge >= 0.3 is 5.97 Å². The van der Waals surface area contributed by atoms with Crippen molar-refractivity contribution in [2.24, 2.45) is 0 Å². The van der Waals surface area contributed by atoms with Gasteiger partial charge in [-0.05, 0) is 87.1 Å². The van der Waals surface area contributed by atoms with E-state index < -0.39 is 23.8 Å². The number of hydrogen-bond donors (Lipinski definition) is 3. The van der Waals surface area contributed by atoms with Crippen LogP contribution in [0.2, 0.25) is 0 Å². The Morgan fingerprint density at radius 3 is 2.04 bits per heavy atom. The Morgan fingerprint density at radius 1 is 0.867 bits per heavy atom. The number of aliphatic hydroxyl groups is 2. The summed E-state index contributed by atoms with van der Waals surface area (Å²) in [6.45, 7) is 9.59. The van der Waals surface area contributed by atoms with Crippen molar-refractivity contribution in [2.45, 2.75) is 84.2 Å². The summed E-state index contributed by atoms with van der Waals surface area (Å²) in [5.74, 6) is -1.29. The topological polar surface area (TPSA) is 101 Å². The van der Waals surface area contributed by atoms with Gasteiger partial charge in [-0.1, -0.05) is 62.4 Å². The number of halogens is 1. The Bertz CT molecular complexity index is 1580. The lowest BCUT2D eigenvalue weighted by atomic mass is 9.94. The van der Waals surface area contributed by atoms with Crippen molar-refractivity contribution >= 4 is 17.6 Å². The third kappa shape index (κ3) is 8.90. The van der Waals surface area contributed by atoms with E-state index >= 15 is 0 Å². The van der Waals surface area contributed by atoms with Crippen LogP contribution in [0.15, 0.2) is 84.9 Å². The Balaban J connectivity index is 1.78. The van der Waals surface area contributed by atoms with E-state index in [1.165, 1.54) is 12.1 Å². The minimum absolute atomic E-state index is 0.0176. The van der Waals surface area contributed by atoms with Crippen LogP contribution in [0, 0.1) is 5.82 Å². The average molecular weight is 615 g/mol. The molecule has 1 amide bonds. The standard InChI is InChI=1S/C37H43FN2O5/c1-24(2)34-33(36(44)39-28-14-10-7-11-15-28)32(25-12-8-6-9-13-25)35(26-16-18-27(38)19-17-26)40(34)21-20-29(41)22-30(42)23-31(43)45-37(3,4)5/h6-19,24,29-30,41-42H,20-23H2,1-5H3,(H,39,44)/t29?,30-/m1/s1. The van der Waals surface area contributed by atoms with E-state index in [4.69, 9.17) is 4.74 Å². The summed E-state index contributed by atoms with van der Waals surface area (Å²) >= 11 is 0. The second-order valence-corrected chi connectivity index (χ2v) is 12.6. The SMILES string of the molecule is CC(C)c1c(C(=O)Nc2ccccc2)c(-c2ccccc2)c(-c2ccc(F)cc2)n1CCC(O)C[C@@H](O)CC(=O)OC(C)(C)C. The zero-order chi connectivity index (χ0) is 32.7. The van der Waals surface area contributed by atoms with Crippen LogP contribution in [0.5, 0.6) is 0 Å². The number of amides is 1. The van der Waals surface area contributed by atoms with Crippen molar-refractivity contribution < 1.29 is 28.9 Å². The molecule has 8 heteroatoms. The van der Waals surface area contributed by atoms with Crippen molar-refractivity contribution in [3.8, 4) is 22.4 Å². The van der Waals surface area contributed by atoms with Gasteiger partial charge in [-0.25, -0.2) is 4.39 Å². The first-order valence-electron chi connectivity index (χ1n) is 15.4. The average Bonchev–Trinajstić information content (AvgIpc) is 3.32. The number of carbonyl (C=O) groups excluding carboxylic acids is 2. The molecule has 7 nitrogen and oxygen atoms in total. The highest BCUT2D eigenvalue weighted by Gasteiger charge is 2.31. The van der Waals surface area contributed by atoms with Gasteiger partial charge in [0, 0.05) is 23.5 Å². The van der Waals surface area contributed by atoms with Crippen LogP contribution in [-0.4, -0.2) is 44.5 Å². The largest absolute Gasteiger partial charge is 0.460 e. The van der Waals surface area contributed by atoms with Crippen molar-refractivity contribution in [1.29, 1.82) is 0 Å². The zero-order valence-electron chi connectivity index (χ0n) is 26.6. The van der Waals surface area contributed by atoms with Gasteiger partial charge in [-0.2, -0.15) is 0 Å². The molecule has 4 aromatic rings. The molecule has 0 bridgehead atoms. The maximum atomic E-state index is 14.2. The Hall–Kier alpha value is -4.27. The molecule has 0 aliphatic rings. The first-order valence-corrected chi connectivity index (χ1v) is 15.4. The van der Waals surface area contributed by atoms with Gasteiger partial charge in [0.2, 0.25) is 0 Å². The highest BCUT2D eigenvalue weighted by atomic mass is 19.1. The summed E-state index contributed by atoms with van der Waals surface area (Å²) in [5.41, 5.74) is 4.22. The monoisotopic (exact) mass is 614 g/mol. The third-order valence-electron chi connectivity index (χ3n) is 7.34. The number of benzene rings is 3. The van der Waals surface area contributed by atoms with Crippen molar-refractivity contribution in [3.05, 3.63) is 102 Å². The predicted molar refractivity (Wildman–Crippen MR) is 175 cm³/mol. The molecule has 45 heavy (non-hydrogen) atoms. The lowest BCUT2D eigenvalue weighted by Crippen LogP contribution is -2.28. The maximum absolute atomic E-state index is 14.2. The molecule has 0 radical (unpaired) electrons. The number of nitrogens with zero attached hydrogens (tertiary/aromatic N) is 1. The molecule has 1 heterocycles. The van der Waals surface area contributed by atoms with E-state index in [0.29, 0.717) is 23.4 Å². The molecule has 1 aromatic heterocycles. The maximum Gasteiger partial charge on any atom is 0.308 e. The fourth-order valence-electron chi connectivity index (χ4n) is 5.58. The highest BCUT2D eigenvalue weighted by molar-refractivity contribution is 6.12. The van der Waals surface area contributed by atoms with Gasteiger partial charge in [0.1, 0.15) is 11.4 Å². The zero-order valence-corrected chi connectivity index (χ0v) is 26.6. The molecule has 238 valence electrons. The molecule has 1 unspecified atom stereocenters. The predicted octanol–water partition coefficient (Wildman–Crippen LogP) is 7.57. The van der Waals surface area contributed by atoms with Crippen LogP contribution >= 0.6 is 0 Å². The normalized spacial score (nSPS) is 13.0. The lowest BCUT2D eigenvalue weighted by Gasteiger charge is -2.22. The number of para-hydroxylation sites is 1. The Kier molecular flexibility index (Phi) is 11.0. The van der Waals surface area contributed by atoms with Gasteiger partial charge in [-0.3, -0.25) is 9.59 Å². The summed E-state index contributed by atoms with van der Waals surface area (Å²) in [4.78, 5) is 26.4. The number of hydrogen-bond acceptors (Lipinski definition) is 5. The Morgan fingerprint density at radius 2 is 1.47 bits per heavy atom. The van der Waals surface area contributed by atoms with E-state index in [-0.39, 0.29) is 36.9 Å². The molecule has 3 N–H and O–H groups in total. The molecule has 4 rings (SSSR count). The van der Waals surface area contributed by atoms with Gasteiger partial charge in [0.15, 0.2) is 0 Å². The fourth-order valence-corrected chi connectivity index (χ4v) is 5.58. The molecule has 0 saturated heterocycles. The molecule has 0 aliphatic carbocycles. The fraction of sp³-hybridized carbons (Fsp3) is 0.351. The molecule has 0 fully saturated rings. The number of aromatic nitrogens is 1. The molecular weight excluding hydrogens is 571 g/mol. The second-order valence-electron chi connectivity index (χ2n) is 12.6. The van der Waals surface area contributed by atoms with Crippen molar-refractivity contribution in [3.63, 3.8) is 0 Å². The van der Waals surface area contributed by atoms with E-state index in [2.05, 4.69) is 5.32 Å². The van der Waals surface area contributed by atoms with Crippen LogP contribution in [0.4, 0.5) is 10.1 Å². The number of nitrogens with one attached hydrogen (secondary N) is 1. The van der Waals surface area contributed by atoms with Gasteiger partial charge in [0.25, 0.3) is 5.91 Å². The van der Waals surface area contributed by atoms with Gasteiger partial charge in [-0.15, -0.1) is 0 Å². The van der Waals surface area contributed by atoms with Crippen LogP contribution < -0.4 is 5.32 Å². The van der Waals surface area contributed by atoms with Crippen molar-refractivity contribution in [1.82, 2.24) is 4.57 Å². The number of ether oxygens (including phenoxy) is 1. The number of carbonyl (C=O) groups is 2. The van der Waals surface area contributed by atoms with Gasteiger partial charge < -0.3 is 24.8 Å². The minimum Gasteiger partial charge on any atom is -0.460 e. The van der Waals surface area contributed by atoms with Crippen LogP contribution in [0.3, 0.4) is 0 Å². The van der Waals surface area contributed by atoms with E-state index in [1.807, 2.05) is 79.1 Å². The molecular formula is C37H43FN2O5. The smallest absolute Gasteiger partial charge is 0.308 e. The van der Waals surface area contributed by atoms with Crippen LogP contribution in [-0.2, 0) is 16.1 Å². The second kappa shape index (κ2) is 14.7. The summed E-state index contributed by atoms with van der Waals surface area (Å²) in [5, 5.41) is 24.6. The third-order valence-corrected chi connectivity index (χ3v) is 7.34. The molecule has 0 saturated carbocycles. The summed E-state index contributed by atoms with van der Waals surface area (Å²) < 4.78 is 21.4. The molecule has 2 atom stereocenters. The Labute approximate surface area is 264 Å². The van der Waals surface area contributed by atoms with E-state index in [9.17, 15) is 24.2 Å². The number of rotatable bonds is 12. The highest BCUT2D eigenvalue weighted by Crippen LogP contribution is 2.42. The molecule has 0 spiro atoms. The first-order chi connectivity index (χ1) is 21.3. The van der Waals surface area contributed by atoms with Gasteiger partial charge in [0.05, 0.1) is 29.9 Å². The first kappa shape index (κ1) is 33.6. The quantitative estimate of drug-likeness (QED) is 0.143. The van der Waals surface area contributed by atoms with E-state index in [0.717, 1.165) is 22.5 Å². The minimum atomic E-state index is -1.08. The van der Waals surface area contributed by atoms with E-state index in [1.54, 1.807) is 32.9 Å². The molecule has 0 aliphatic heterocycles. The summed E-state index contributed by atoms with van der Waals surface area (Å²) in [7, 11) is 0. The number of anilines is 1. The number of aliphatic hydroxyl groups excluding tert-OH is 2. The van der Waals surface area contributed by atoms with Crippen LogP contribution in [0.1, 0.15) is 75.9 Å². The van der Waals surface area contributed by atoms with Crippen LogP contribution in [0.25, 0.3) is 22.4 Å². The summed E-state index contributed by atoms with van der Waals surface area (Å²) in [6.07, 6.45) is -2.02. The summed E-state index contributed by atoms with van der Waals surface area (Å²) in [6, 6.07) is 25.0.